The van der Waals surface area contributed by atoms with Crippen LogP contribution >= 0.6 is 0 Å². The number of piperidine rings is 1. The molecule has 0 aromatic carbocycles. The lowest BCUT2D eigenvalue weighted by Crippen LogP contribution is -2.42. The van der Waals surface area contributed by atoms with E-state index in [0.717, 1.165) is 37.8 Å². The molecule has 5 nitrogen and oxygen atoms in total. The topological polar surface area (TPSA) is 91.7 Å². The number of rotatable bonds is 2. The molecule has 0 amide bonds. The van der Waals surface area contributed by atoms with E-state index >= 15 is 0 Å². The number of nitriles is 3. The van der Waals surface area contributed by atoms with Gasteiger partial charge in [-0.1, -0.05) is 13.8 Å². The fraction of sp³-hybridized carbons (Fsp3) is 0.556. The summed E-state index contributed by atoms with van der Waals surface area (Å²) in [6.07, 6.45) is 4.91. The van der Waals surface area contributed by atoms with Crippen LogP contribution in [-0.4, -0.2) is 23.8 Å². The van der Waals surface area contributed by atoms with Gasteiger partial charge in [0.05, 0.1) is 11.6 Å². The van der Waals surface area contributed by atoms with Gasteiger partial charge in [-0.15, -0.1) is 0 Å². The first-order chi connectivity index (χ1) is 11.0. The molecule has 0 spiro atoms. The third kappa shape index (κ3) is 3.27. The SMILES string of the molecule is CC1(C)CC(=C(C#N)C#N)C(C#N)=C(N2CCCCC2C=O)C1. The van der Waals surface area contributed by atoms with E-state index in [9.17, 15) is 20.6 Å². The van der Waals surface area contributed by atoms with Gasteiger partial charge in [0.25, 0.3) is 0 Å². The molecule has 23 heavy (non-hydrogen) atoms. The van der Waals surface area contributed by atoms with Crippen molar-refractivity contribution >= 4 is 6.29 Å². The molecule has 0 saturated carbocycles. The van der Waals surface area contributed by atoms with Gasteiger partial charge in [0, 0.05) is 17.8 Å². The highest BCUT2D eigenvalue weighted by Crippen LogP contribution is 2.44. The number of carbonyl (C=O) groups excluding carboxylic acids is 1. The molecule has 1 saturated heterocycles. The third-order valence-electron chi connectivity index (χ3n) is 4.58. The molecule has 5 heteroatoms. The maximum Gasteiger partial charge on any atom is 0.142 e. The van der Waals surface area contributed by atoms with E-state index in [1.54, 1.807) is 0 Å². The Kier molecular flexibility index (Phi) is 4.87. The second-order valence-corrected chi connectivity index (χ2v) is 6.92. The number of hydrogen-bond donors (Lipinski definition) is 0. The van der Waals surface area contributed by atoms with Crippen LogP contribution < -0.4 is 0 Å². The van der Waals surface area contributed by atoms with Gasteiger partial charge in [0.15, 0.2) is 0 Å². The molecule has 118 valence electrons. The van der Waals surface area contributed by atoms with Gasteiger partial charge in [-0.2, -0.15) is 15.8 Å². The fourth-order valence-electron chi connectivity index (χ4n) is 3.53. The number of likely N-dealkylation sites (tertiary alicyclic amines) is 1. The predicted octanol–water partition coefficient (Wildman–Crippen LogP) is 2.98. The predicted molar refractivity (Wildman–Crippen MR) is 84.3 cm³/mol. The monoisotopic (exact) mass is 308 g/mol. The van der Waals surface area contributed by atoms with E-state index in [1.807, 2.05) is 17.0 Å². The minimum atomic E-state index is -0.218. The summed E-state index contributed by atoms with van der Waals surface area (Å²) in [6.45, 7) is 4.86. The first kappa shape index (κ1) is 16.8. The number of nitrogens with zero attached hydrogens (tertiary/aromatic N) is 4. The molecule has 0 N–H and O–H groups in total. The molecule has 1 aliphatic carbocycles. The minimum Gasteiger partial charge on any atom is -0.364 e. The average molecular weight is 308 g/mol. The molecule has 1 atom stereocenters. The zero-order chi connectivity index (χ0) is 17.0. The Morgan fingerprint density at radius 3 is 2.48 bits per heavy atom. The van der Waals surface area contributed by atoms with E-state index < -0.39 is 0 Å². The van der Waals surface area contributed by atoms with Gasteiger partial charge in [0.1, 0.15) is 30.1 Å². The van der Waals surface area contributed by atoms with Crippen molar-refractivity contribution < 1.29 is 4.79 Å². The normalized spacial score (nSPS) is 23.5. The molecule has 1 aliphatic heterocycles. The standard InChI is InChI=1S/C18H20N4O/c1-18(2)7-15(13(9-19)10-20)16(11-21)17(8-18)22-6-4-3-5-14(22)12-23/h12,14H,3-8H2,1-2H3. The van der Waals surface area contributed by atoms with Crippen molar-refractivity contribution in [1.29, 1.82) is 15.8 Å². The lowest BCUT2D eigenvalue weighted by molar-refractivity contribution is -0.112. The molecule has 0 bridgehead atoms. The number of hydrogen-bond acceptors (Lipinski definition) is 5. The molecule has 1 heterocycles. The van der Waals surface area contributed by atoms with Crippen molar-refractivity contribution in [1.82, 2.24) is 4.90 Å². The molecule has 1 fully saturated rings. The van der Waals surface area contributed by atoms with E-state index in [4.69, 9.17) is 0 Å². The highest BCUT2D eigenvalue weighted by molar-refractivity contribution is 5.61. The van der Waals surface area contributed by atoms with Crippen LogP contribution in [0.3, 0.4) is 0 Å². The van der Waals surface area contributed by atoms with Crippen molar-refractivity contribution in [2.75, 3.05) is 6.54 Å². The maximum atomic E-state index is 11.4. The Labute approximate surface area is 137 Å². The van der Waals surface area contributed by atoms with Crippen molar-refractivity contribution in [3.05, 3.63) is 22.4 Å². The fourth-order valence-corrected chi connectivity index (χ4v) is 3.53. The first-order valence-corrected chi connectivity index (χ1v) is 7.86. The van der Waals surface area contributed by atoms with Gasteiger partial charge >= 0.3 is 0 Å². The molecular formula is C18H20N4O. The summed E-state index contributed by atoms with van der Waals surface area (Å²) in [5, 5.41) is 28.1. The molecule has 2 rings (SSSR count). The van der Waals surface area contributed by atoms with Crippen LogP contribution in [0.25, 0.3) is 0 Å². The largest absolute Gasteiger partial charge is 0.364 e. The zero-order valence-electron chi connectivity index (χ0n) is 13.6. The van der Waals surface area contributed by atoms with Crippen LogP contribution in [0.4, 0.5) is 0 Å². The van der Waals surface area contributed by atoms with Crippen molar-refractivity contribution in [3.8, 4) is 18.2 Å². The second-order valence-electron chi connectivity index (χ2n) is 6.92. The van der Waals surface area contributed by atoms with E-state index in [-0.39, 0.29) is 17.0 Å². The maximum absolute atomic E-state index is 11.4. The van der Waals surface area contributed by atoms with Gasteiger partial charge < -0.3 is 9.69 Å². The van der Waals surface area contributed by atoms with Crippen LogP contribution in [0.15, 0.2) is 22.4 Å². The van der Waals surface area contributed by atoms with E-state index in [0.29, 0.717) is 24.0 Å². The van der Waals surface area contributed by atoms with Gasteiger partial charge in [0.2, 0.25) is 0 Å². The Morgan fingerprint density at radius 2 is 1.91 bits per heavy atom. The highest BCUT2D eigenvalue weighted by atomic mass is 16.1. The molecule has 2 aliphatic rings. The second kappa shape index (κ2) is 6.67. The van der Waals surface area contributed by atoms with Crippen molar-refractivity contribution in [3.63, 3.8) is 0 Å². The van der Waals surface area contributed by atoms with Crippen molar-refractivity contribution in [2.24, 2.45) is 5.41 Å². The van der Waals surface area contributed by atoms with Crippen LogP contribution in [0.1, 0.15) is 46.0 Å². The Morgan fingerprint density at radius 1 is 1.22 bits per heavy atom. The lowest BCUT2D eigenvalue weighted by atomic mass is 9.72. The number of allylic oxidation sites excluding steroid dienone is 4. The quantitative estimate of drug-likeness (QED) is 0.577. The summed E-state index contributed by atoms with van der Waals surface area (Å²) in [4.78, 5) is 13.4. The smallest absolute Gasteiger partial charge is 0.142 e. The summed E-state index contributed by atoms with van der Waals surface area (Å²) < 4.78 is 0. The van der Waals surface area contributed by atoms with Crippen molar-refractivity contribution in [2.45, 2.75) is 52.0 Å². The zero-order valence-corrected chi connectivity index (χ0v) is 13.6. The number of carbonyl (C=O) groups is 1. The van der Waals surface area contributed by atoms with Gasteiger partial charge in [-0.3, -0.25) is 0 Å². The highest BCUT2D eigenvalue weighted by Gasteiger charge is 2.37. The Bertz CT molecular complexity index is 678. The molecule has 0 aromatic rings. The Balaban J connectivity index is 2.64. The van der Waals surface area contributed by atoms with Crippen LogP contribution in [0, 0.1) is 39.4 Å². The van der Waals surface area contributed by atoms with E-state index in [1.165, 1.54) is 0 Å². The van der Waals surface area contributed by atoms with Crippen LogP contribution in [0.2, 0.25) is 0 Å². The summed E-state index contributed by atoms with van der Waals surface area (Å²) in [6, 6.07) is 5.81. The first-order valence-electron chi connectivity index (χ1n) is 7.86. The summed E-state index contributed by atoms with van der Waals surface area (Å²) in [7, 11) is 0. The Hall–Kier alpha value is -2.58. The van der Waals surface area contributed by atoms with Gasteiger partial charge in [-0.25, -0.2) is 0 Å². The molecule has 1 unspecified atom stereocenters. The third-order valence-corrected chi connectivity index (χ3v) is 4.58. The summed E-state index contributed by atoms with van der Waals surface area (Å²) >= 11 is 0. The molecule has 0 radical (unpaired) electrons. The average Bonchev–Trinajstić information content (AvgIpc) is 2.54. The minimum absolute atomic E-state index is 0.00601. The van der Waals surface area contributed by atoms with Gasteiger partial charge in [-0.05, 0) is 37.5 Å². The van der Waals surface area contributed by atoms with Crippen LogP contribution in [0.5, 0.6) is 0 Å². The van der Waals surface area contributed by atoms with E-state index in [2.05, 4.69) is 19.9 Å². The molecule has 0 aromatic heterocycles. The van der Waals surface area contributed by atoms with Crippen LogP contribution in [-0.2, 0) is 4.79 Å². The molecular weight excluding hydrogens is 288 g/mol. The summed E-state index contributed by atoms with van der Waals surface area (Å²) in [5.41, 5.74) is 1.61. The lowest BCUT2D eigenvalue weighted by Gasteiger charge is -2.42. The summed E-state index contributed by atoms with van der Waals surface area (Å²) in [5.74, 6) is 0. The number of aldehydes is 1.